The van der Waals surface area contributed by atoms with Crippen LogP contribution in [-0.2, 0) is 16.6 Å². The lowest BCUT2D eigenvalue weighted by atomic mass is 9.89. The molecule has 1 aromatic heterocycles. The highest BCUT2D eigenvalue weighted by molar-refractivity contribution is 7.99. The molecule has 100 valence electrons. The quantitative estimate of drug-likeness (QED) is 0.827. The number of rotatable bonds is 4. The van der Waals surface area contributed by atoms with E-state index < -0.39 is 5.97 Å². The Morgan fingerprint density at radius 1 is 1.67 bits per heavy atom. The summed E-state index contributed by atoms with van der Waals surface area (Å²) in [5, 5.41) is 13.7. The van der Waals surface area contributed by atoms with Gasteiger partial charge in [-0.25, -0.2) is 9.67 Å². The van der Waals surface area contributed by atoms with Crippen molar-refractivity contribution in [2.45, 2.75) is 24.4 Å². The molecule has 1 aliphatic heterocycles. The van der Waals surface area contributed by atoms with Crippen LogP contribution in [0.15, 0.2) is 5.16 Å². The molecule has 2 atom stereocenters. The number of hydrogen-bond donors (Lipinski definition) is 1. The van der Waals surface area contributed by atoms with Gasteiger partial charge in [-0.05, 0) is 12.3 Å². The van der Waals surface area contributed by atoms with E-state index in [0.29, 0.717) is 17.0 Å². The first-order valence-corrected chi connectivity index (χ1v) is 6.89. The highest BCUT2D eigenvalue weighted by Crippen LogP contribution is 2.30. The van der Waals surface area contributed by atoms with E-state index in [2.05, 4.69) is 17.0 Å². The molecule has 1 saturated heterocycles. The first-order chi connectivity index (χ1) is 8.58. The van der Waals surface area contributed by atoms with Crippen LogP contribution in [0.4, 0.5) is 0 Å². The predicted molar refractivity (Wildman–Crippen MR) is 66.7 cm³/mol. The van der Waals surface area contributed by atoms with E-state index >= 15 is 0 Å². The highest BCUT2D eigenvalue weighted by Gasteiger charge is 2.27. The number of aromatic nitrogens is 3. The molecule has 2 heterocycles. The zero-order valence-electron chi connectivity index (χ0n) is 10.5. The van der Waals surface area contributed by atoms with Gasteiger partial charge in [0.1, 0.15) is 0 Å². The molecule has 0 bridgehead atoms. The van der Waals surface area contributed by atoms with Crippen molar-refractivity contribution in [1.29, 1.82) is 0 Å². The average molecular weight is 271 g/mol. The van der Waals surface area contributed by atoms with Gasteiger partial charge in [-0.3, -0.25) is 4.79 Å². The first-order valence-electron chi connectivity index (χ1n) is 5.91. The van der Waals surface area contributed by atoms with Gasteiger partial charge in [0, 0.05) is 26.2 Å². The number of thioether (sulfide) groups is 1. The van der Waals surface area contributed by atoms with Crippen molar-refractivity contribution in [2.24, 2.45) is 13.0 Å². The van der Waals surface area contributed by atoms with E-state index in [1.165, 1.54) is 11.8 Å². The summed E-state index contributed by atoms with van der Waals surface area (Å²) in [6.07, 6.45) is 0.925. The van der Waals surface area contributed by atoms with E-state index in [-0.39, 0.29) is 5.75 Å². The lowest BCUT2D eigenvalue weighted by Crippen LogP contribution is -2.24. The lowest BCUT2D eigenvalue weighted by molar-refractivity contribution is -0.133. The molecule has 1 N–H and O–H groups in total. The number of nitrogens with zero attached hydrogens (tertiary/aromatic N) is 3. The minimum Gasteiger partial charge on any atom is -0.481 e. The van der Waals surface area contributed by atoms with Gasteiger partial charge in [-0.1, -0.05) is 18.7 Å². The van der Waals surface area contributed by atoms with E-state index in [9.17, 15) is 4.79 Å². The third-order valence-electron chi connectivity index (χ3n) is 3.04. The second-order valence-corrected chi connectivity index (χ2v) is 5.45. The molecule has 0 radical (unpaired) electrons. The maximum absolute atomic E-state index is 10.5. The fourth-order valence-electron chi connectivity index (χ4n) is 2.06. The van der Waals surface area contributed by atoms with Crippen LogP contribution >= 0.6 is 11.8 Å². The summed E-state index contributed by atoms with van der Waals surface area (Å²) in [6, 6.07) is 0. The average Bonchev–Trinajstić information content (AvgIpc) is 2.68. The van der Waals surface area contributed by atoms with Gasteiger partial charge in [0.05, 0.1) is 5.75 Å². The molecule has 1 aliphatic rings. The molecule has 6 nitrogen and oxygen atoms in total. The molecule has 0 aliphatic carbocycles. The highest BCUT2D eigenvalue weighted by atomic mass is 32.2. The van der Waals surface area contributed by atoms with E-state index in [1.54, 1.807) is 11.7 Å². The molecular weight excluding hydrogens is 254 g/mol. The van der Waals surface area contributed by atoms with Crippen LogP contribution in [0, 0.1) is 5.92 Å². The molecule has 0 amide bonds. The van der Waals surface area contributed by atoms with Crippen molar-refractivity contribution < 1.29 is 14.6 Å². The smallest absolute Gasteiger partial charge is 0.313 e. The van der Waals surface area contributed by atoms with Gasteiger partial charge >= 0.3 is 5.97 Å². The molecule has 1 aromatic rings. The fraction of sp³-hybridized carbons (Fsp3) is 0.727. The van der Waals surface area contributed by atoms with Gasteiger partial charge in [0.25, 0.3) is 0 Å². The van der Waals surface area contributed by atoms with Gasteiger partial charge in [0.2, 0.25) is 0 Å². The van der Waals surface area contributed by atoms with E-state index in [0.717, 1.165) is 25.5 Å². The van der Waals surface area contributed by atoms with E-state index in [1.807, 2.05) is 0 Å². The SMILES string of the molecule is CC1COCCC1c1nc(SCC(=O)O)n(C)n1. The minimum absolute atomic E-state index is 0.00923. The number of aryl methyl sites for hydroxylation is 1. The second kappa shape index (κ2) is 5.71. The molecule has 0 spiro atoms. The third-order valence-corrected chi connectivity index (χ3v) is 4.04. The predicted octanol–water partition coefficient (Wildman–Crippen LogP) is 1.13. The van der Waals surface area contributed by atoms with Gasteiger partial charge < -0.3 is 9.84 Å². The number of ether oxygens (including phenoxy) is 1. The topological polar surface area (TPSA) is 77.2 Å². The Morgan fingerprint density at radius 3 is 3.11 bits per heavy atom. The molecule has 1 fully saturated rings. The summed E-state index contributed by atoms with van der Waals surface area (Å²) >= 11 is 1.20. The van der Waals surface area contributed by atoms with Crippen LogP contribution in [-0.4, -0.2) is 44.8 Å². The molecule has 0 aromatic carbocycles. The Morgan fingerprint density at radius 2 is 2.44 bits per heavy atom. The van der Waals surface area contributed by atoms with Crippen LogP contribution in [0.2, 0.25) is 0 Å². The number of hydrogen-bond acceptors (Lipinski definition) is 5. The van der Waals surface area contributed by atoms with Crippen molar-refractivity contribution in [3.63, 3.8) is 0 Å². The first kappa shape index (κ1) is 13.4. The van der Waals surface area contributed by atoms with Crippen LogP contribution < -0.4 is 0 Å². The van der Waals surface area contributed by atoms with Crippen molar-refractivity contribution in [3.8, 4) is 0 Å². The monoisotopic (exact) mass is 271 g/mol. The molecule has 2 rings (SSSR count). The van der Waals surface area contributed by atoms with Gasteiger partial charge in [0.15, 0.2) is 11.0 Å². The summed E-state index contributed by atoms with van der Waals surface area (Å²) in [6.45, 7) is 3.61. The summed E-state index contributed by atoms with van der Waals surface area (Å²) in [5.74, 6) is 0.683. The van der Waals surface area contributed by atoms with Crippen LogP contribution in [0.1, 0.15) is 25.1 Å². The van der Waals surface area contributed by atoms with Crippen LogP contribution in [0.25, 0.3) is 0 Å². The molecule has 2 unspecified atom stereocenters. The Balaban J connectivity index is 2.09. The minimum atomic E-state index is -0.844. The Bertz CT molecular complexity index is 435. The third kappa shape index (κ3) is 3.02. The summed E-state index contributed by atoms with van der Waals surface area (Å²) < 4.78 is 7.06. The number of carboxylic acids is 1. The Kier molecular flexibility index (Phi) is 4.23. The standard InChI is InChI=1S/C11H17N3O3S/c1-7-5-17-4-3-8(7)10-12-11(14(2)13-10)18-6-9(15)16/h7-8H,3-6H2,1-2H3,(H,15,16). The number of carbonyl (C=O) groups is 1. The van der Waals surface area contributed by atoms with Crippen molar-refractivity contribution in [2.75, 3.05) is 19.0 Å². The molecule has 0 saturated carbocycles. The Labute approximate surface area is 110 Å². The number of carboxylic acid groups (broad SMARTS) is 1. The fourth-order valence-corrected chi connectivity index (χ4v) is 2.70. The zero-order chi connectivity index (χ0) is 13.1. The van der Waals surface area contributed by atoms with Gasteiger partial charge in [-0.15, -0.1) is 0 Å². The maximum atomic E-state index is 10.5. The van der Waals surface area contributed by atoms with Crippen molar-refractivity contribution >= 4 is 17.7 Å². The lowest BCUT2D eigenvalue weighted by Gasteiger charge is -2.26. The van der Waals surface area contributed by atoms with Crippen LogP contribution in [0.5, 0.6) is 0 Å². The normalized spacial score (nSPS) is 24.1. The van der Waals surface area contributed by atoms with Crippen molar-refractivity contribution in [3.05, 3.63) is 5.82 Å². The van der Waals surface area contributed by atoms with E-state index in [4.69, 9.17) is 9.84 Å². The second-order valence-electron chi connectivity index (χ2n) is 4.51. The Hall–Kier alpha value is -1.08. The molecular formula is C11H17N3O3S. The van der Waals surface area contributed by atoms with Crippen LogP contribution in [0.3, 0.4) is 0 Å². The summed E-state index contributed by atoms with van der Waals surface area (Å²) in [4.78, 5) is 15.0. The van der Waals surface area contributed by atoms with Crippen molar-refractivity contribution in [1.82, 2.24) is 14.8 Å². The zero-order valence-corrected chi connectivity index (χ0v) is 11.3. The number of aliphatic carboxylic acids is 1. The summed E-state index contributed by atoms with van der Waals surface area (Å²) in [5.41, 5.74) is 0. The largest absolute Gasteiger partial charge is 0.481 e. The van der Waals surface area contributed by atoms with Gasteiger partial charge in [-0.2, -0.15) is 5.10 Å². The summed E-state index contributed by atoms with van der Waals surface area (Å²) in [7, 11) is 1.80. The maximum Gasteiger partial charge on any atom is 0.313 e. The molecule has 7 heteroatoms. The molecule has 18 heavy (non-hydrogen) atoms.